The van der Waals surface area contributed by atoms with Crippen molar-refractivity contribution in [2.45, 2.75) is 25.7 Å². The molecule has 102 valence electrons. The molecule has 0 spiro atoms. The average Bonchev–Trinajstić information content (AvgIpc) is 2.40. The van der Waals surface area contributed by atoms with Gasteiger partial charge < -0.3 is 4.90 Å². The number of amides is 1. The van der Waals surface area contributed by atoms with Crippen LogP contribution >= 0.6 is 15.9 Å². The van der Waals surface area contributed by atoms with Crippen molar-refractivity contribution < 1.29 is 9.18 Å². The van der Waals surface area contributed by atoms with Crippen LogP contribution in [0.4, 0.5) is 4.39 Å². The average molecular weight is 326 g/mol. The van der Waals surface area contributed by atoms with Gasteiger partial charge >= 0.3 is 0 Å². The summed E-state index contributed by atoms with van der Waals surface area (Å²) in [7, 11) is 0. The van der Waals surface area contributed by atoms with Crippen molar-refractivity contribution in [1.29, 1.82) is 0 Å². The first kappa shape index (κ1) is 13.1. The number of rotatable bonds is 1. The Hall–Kier alpha value is -0.900. The highest BCUT2D eigenvalue weighted by molar-refractivity contribution is 9.10. The van der Waals surface area contributed by atoms with E-state index in [1.54, 1.807) is 12.1 Å². The van der Waals surface area contributed by atoms with Crippen LogP contribution in [0.1, 0.15) is 36.0 Å². The molecule has 1 aromatic rings. The molecule has 0 radical (unpaired) electrons. The van der Waals surface area contributed by atoms with Crippen LogP contribution in [0.25, 0.3) is 0 Å². The van der Waals surface area contributed by atoms with Gasteiger partial charge in [-0.2, -0.15) is 0 Å². The largest absolute Gasteiger partial charge is 0.338 e. The Kier molecular flexibility index (Phi) is 3.61. The van der Waals surface area contributed by atoms with E-state index in [-0.39, 0.29) is 11.5 Å². The standard InChI is InChI=1S/C15H17BrFNO/c16-12-4-5-14(17)13(7-12)15(19)18-8-10-2-1-3-11(6-10)9-18/h4-5,7,10-11H,1-3,6,8-9H2. The fraction of sp³-hybridized carbons (Fsp3) is 0.533. The van der Waals surface area contributed by atoms with Crippen molar-refractivity contribution in [1.82, 2.24) is 4.90 Å². The zero-order valence-corrected chi connectivity index (χ0v) is 12.3. The minimum Gasteiger partial charge on any atom is -0.338 e. The van der Waals surface area contributed by atoms with Crippen LogP contribution in [0.3, 0.4) is 0 Å². The number of fused-ring (bicyclic) bond motifs is 2. The van der Waals surface area contributed by atoms with Crippen LogP contribution in [0.2, 0.25) is 0 Å². The molecule has 3 rings (SSSR count). The number of carbonyl (C=O) groups excluding carboxylic acids is 1. The summed E-state index contributed by atoms with van der Waals surface area (Å²) in [5, 5.41) is 0. The summed E-state index contributed by atoms with van der Waals surface area (Å²) in [5.41, 5.74) is 0.189. The minimum atomic E-state index is -0.427. The number of halogens is 2. The zero-order valence-electron chi connectivity index (χ0n) is 10.7. The molecule has 0 N–H and O–H groups in total. The van der Waals surface area contributed by atoms with Crippen LogP contribution in [0.15, 0.2) is 22.7 Å². The van der Waals surface area contributed by atoms with Gasteiger partial charge in [0.15, 0.2) is 0 Å². The lowest BCUT2D eigenvalue weighted by molar-refractivity contribution is 0.0500. The van der Waals surface area contributed by atoms with E-state index in [9.17, 15) is 9.18 Å². The summed E-state index contributed by atoms with van der Waals surface area (Å²) in [6.45, 7) is 1.59. The van der Waals surface area contributed by atoms with Gasteiger partial charge in [0.25, 0.3) is 5.91 Å². The van der Waals surface area contributed by atoms with E-state index < -0.39 is 5.82 Å². The molecule has 2 bridgehead atoms. The smallest absolute Gasteiger partial charge is 0.256 e. The van der Waals surface area contributed by atoms with E-state index >= 15 is 0 Å². The van der Waals surface area contributed by atoms with Gasteiger partial charge in [-0.3, -0.25) is 4.79 Å². The van der Waals surface area contributed by atoms with Gasteiger partial charge in [0.1, 0.15) is 5.82 Å². The van der Waals surface area contributed by atoms with Crippen LogP contribution < -0.4 is 0 Å². The van der Waals surface area contributed by atoms with Crippen molar-refractivity contribution in [2.75, 3.05) is 13.1 Å². The number of likely N-dealkylation sites (tertiary alicyclic amines) is 1. The Balaban J connectivity index is 1.82. The summed E-state index contributed by atoms with van der Waals surface area (Å²) in [4.78, 5) is 14.3. The minimum absolute atomic E-state index is 0.157. The van der Waals surface area contributed by atoms with Gasteiger partial charge in [0.05, 0.1) is 5.56 Å². The first-order chi connectivity index (χ1) is 9.13. The number of nitrogens with zero attached hydrogens (tertiary/aromatic N) is 1. The Morgan fingerprint density at radius 1 is 1.26 bits per heavy atom. The van der Waals surface area contributed by atoms with Crippen molar-refractivity contribution in [3.05, 3.63) is 34.1 Å². The van der Waals surface area contributed by atoms with Gasteiger partial charge in [-0.05, 0) is 49.3 Å². The molecule has 1 aliphatic heterocycles. The monoisotopic (exact) mass is 325 g/mol. The molecule has 1 saturated carbocycles. The van der Waals surface area contributed by atoms with Crippen molar-refractivity contribution in [3.63, 3.8) is 0 Å². The number of piperidine rings is 1. The van der Waals surface area contributed by atoms with Crippen LogP contribution in [-0.4, -0.2) is 23.9 Å². The quantitative estimate of drug-likeness (QED) is 0.768. The first-order valence-electron chi connectivity index (χ1n) is 6.88. The lowest BCUT2D eigenvalue weighted by Gasteiger charge is -2.41. The number of benzene rings is 1. The molecule has 1 aromatic carbocycles. The second kappa shape index (κ2) is 5.23. The summed E-state index contributed by atoms with van der Waals surface area (Å²) < 4.78 is 14.5. The summed E-state index contributed by atoms with van der Waals surface area (Å²) in [6, 6.07) is 4.56. The lowest BCUT2D eigenvalue weighted by Crippen LogP contribution is -2.45. The highest BCUT2D eigenvalue weighted by Crippen LogP contribution is 2.35. The van der Waals surface area contributed by atoms with Gasteiger partial charge in [-0.1, -0.05) is 22.4 Å². The molecule has 2 aliphatic rings. The van der Waals surface area contributed by atoms with Crippen LogP contribution in [0, 0.1) is 17.7 Å². The Bertz CT molecular complexity index is 493. The molecular weight excluding hydrogens is 309 g/mol. The van der Waals surface area contributed by atoms with E-state index in [2.05, 4.69) is 15.9 Å². The highest BCUT2D eigenvalue weighted by Gasteiger charge is 2.33. The van der Waals surface area contributed by atoms with Gasteiger partial charge in [0, 0.05) is 17.6 Å². The summed E-state index contributed by atoms with van der Waals surface area (Å²) in [5.74, 6) is 0.651. The third-order valence-corrected chi connectivity index (χ3v) is 4.79. The van der Waals surface area contributed by atoms with Gasteiger partial charge in [0.2, 0.25) is 0 Å². The zero-order chi connectivity index (χ0) is 13.4. The molecule has 1 amide bonds. The molecule has 4 heteroatoms. The van der Waals surface area contributed by atoms with Crippen LogP contribution in [-0.2, 0) is 0 Å². The second-order valence-corrected chi connectivity index (χ2v) is 6.65. The number of hydrogen-bond acceptors (Lipinski definition) is 1. The third kappa shape index (κ3) is 2.69. The maximum Gasteiger partial charge on any atom is 0.256 e. The topological polar surface area (TPSA) is 20.3 Å². The predicted octanol–water partition coefficient (Wildman–Crippen LogP) is 3.85. The van der Waals surface area contributed by atoms with E-state index in [0.29, 0.717) is 11.8 Å². The SMILES string of the molecule is O=C(c1cc(Br)ccc1F)N1CC2CCCC(C2)C1. The van der Waals surface area contributed by atoms with Gasteiger partial charge in [-0.25, -0.2) is 4.39 Å². The van der Waals surface area contributed by atoms with E-state index in [1.165, 1.54) is 31.7 Å². The van der Waals surface area contributed by atoms with E-state index in [1.807, 2.05) is 4.90 Å². The molecule has 1 aliphatic carbocycles. The normalized spacial score (nSPS) is 26.3. The molecule has 2 unspecified atom stereocenters. The lowest BCUT2D eigenvalue weighted by atomic mass is 9.78. The molecule has 1 heterocycles. The summed E-state index contributed by atoms with van der Waals surface area (Å²) >= 11 is 3.30. The van der Waals surface area contributed by atoms with Crippen molar-refractivity contribution in [3.8, 4) is 0 Å². The Morgan fingerprint density at radius 3 is 2.63 bits per heavy atom. The Morgan fingerprint density at radius 2 is 1.95 bits per heavy atom. The van der Waals surface area contributed by atoms with E-state index in [4.69, 9.17) is 0 Å². The first-order valence-corrected chi connectivity index (χ1v) is 7.67. The number of carbonyl (C=O) groups is 1. The second-order valence-electron chi connectivity index (χ2n) is 5.73. The highest BCUT2D eigenvalue weighted by atomic mass is 79.9. The fourth-order valence-electron chi connectivity index (χ4n) is 3.43. The maximum atomic E-state index is 13.8. The third-order valence-electron chi connectivity index (χ3n) is 4.29. The molecule has 2 nitrogen and oxygen atoms in total. The molecule has 19 heavy (non-hydrogen) atoms. The van der Waals surface area contributed by atoms with Crippen molar-refractivity contribution in [2.24, 2.45) is 11.8 Å². The fourth-order valence-corrected chi connectivity index (χ4v) is 3.79. The molecular formula is C15H17BrFNO. The number of hydrogen-bond donors (Lipinski definition) is 0. The van der Waals surface area contributed by atoms with Crippen molar-refractivity contribution >= 4 is 21.8 Å². The van der Waals surface area contributed by atoms with Crippen LogP contribution in [0.5, 0.6) is 0 Å². The van der Waals surface area contributed by atoms with Gasteiger partial charge in [-0.15, -0.1) is 0 Å². The molecule has 2 atom stereocenters. The summed E-state index contributed by atoms with van der Waals surface area (Å²) in [6.07, 6.45) is 4.94. The molecule has 1 saturated heterocycles. The maximum absolute atomic E-state index is 13.8. The molecule has 2 fully saturated rings. The molecule has 0 aromatic heterocycles. The predicted molar refractivity (Wildman–Crippen MR) is 75.5 cm³/mol. The van der Waals surface area contributed by atoms with E-state index in [0.717, 1.165) is 17.6 Å². The Labute approximate surface area is 121 Å².